The molecule has 32 heavy (non-hydrogen) atoms. The molecule has 1 aliphatic rings. The highest BCUT2D eigenvalue weighted by atomic mass is 16.5. The molecule has 0 aromatic heterocycles. The Bertz CT molecular complexity index is 838. The number of carbonyl (C=O) groups is 1. The van der Waals surface area contributed by atoms with Gasteiger partial charge in [-0.3, -0.25) is 14.6 Å². The normalized spacial score (nSPS) is 14.7. The summed E-state index contributed by atoms with van der Waals surface area (Å²) in [5, 5.41) is 3.06. The van der Waals surface area contributed by atoms with Crippen LogP contribution in [0.1, 0.15) is 12.0 Å². The lowest BCUT2D eigenvalue weighted by Crippen LogP contribution is -2.49. The Kier molecular flexibility index (Phi) is 9.19. The van der Waals surface area contributed by atoms with E-state index in [2.05, 4.69) is 39.2 Å². The number of hydrogen-bond acceptors (Lipinski definition) is 6. The molecule has 0 radical (unpaired) electrons. The van der Waals surface area contributed by atoms with Gasteiger partial charge in [0.2, 0.25) is 5.91 Å². The van der Waals surface area contributed by atoms with Crippen LogP contribution < -0.4 is 19.7 Å². The van der Waals surface area contributed by atoms with Crippen molar-refractivity contribution in [2.45, 2.75) is 13.0 Å². The summed E-state index contributed by atoms with van der Waals surface area (Å²) in [4.78, 5) is 19.2. The van der Waals surface area contributed by atoms with Gasteiger partial charge in [-0.25, -0.2) is 0 Å². The molecule has 2 aromatic rings. The SMILES string of the molecule is COc1ccc(OC)c(CN2CCN(CC(=O)NCCCN(C)c3ccccc3)CC2)c1. The van der Waals surface area contributed by atoms with E-state index in [0.717, 1.165) is 62.8 Å². The molecule has 7 heteroatoms. The lowest BCUT2D eigenvalue weighted by molar-refractivity contribution is -0.122. The van der Waals surface area contributed by atoms with Crippen LogP contribution in [-0.4, -0.2) is 82.8 Å². The van der Waals surface area contributed by atoms with Crippen molar-refractivity contribution in [3.05, 3.63) is 54.1 Å². The number of benzene rings is 2. The van der Waals surface area contributed by atoms with Crippen molar-refractivity contribution in [1.82, 2.24) is 15.1 Å². The van der Waals surface area contributed by atoms with Crippen molar-refractivity contribution in [3.63, 3.8) is 0 Å². The summed E-state index contributed by atoms with van der Waals surface area (Å²) in [6.07, 6.45) is 0.924. The molecule has 0 spiro atoms. The first-order chi connectivity index (χ1) is 15.6. The standard InChI is InChI=1S/C25H36N4O3/c1-27(22-8-5-4-6-9-22)13-7-12-26-25(30)20-29-16-14-28(15-17-29)19-21-18-23(31-2)10-11-24(21)32-3/h4-6,8-11,18H,7,12-17,19-20H2,1-3H3,(H,26,30). The third-order valence-corrected chi connectivity index (χ3v) is 5.90. The second-order valence-electron chi connectivity index (χ2n) is 8.19. The topological polar surface area (TPSA) is 57.3 Å². The predicted molar refractivity (Wildman–Crippen MR) is 129 cm³/mol. The Balaban J connectivity index is 1.34. The minimum absolute atomic E-state index is 0.107. The number of amides is 1. The Labute approximate surface area is 191 Å². The molecule has 1 fully saturated rings. The zero-order chi connectivity index (χ0) is 22.8. The Morgan fingerprint density at radius 2 is 1.72 bits per heavy atom. The number of ether oxygens (including phenoxy) is 2. The smallest absolute Gasteiger partial charge is 0.234 e. The molecule has 0 saturated carbocycles. The highest BCUT2D eigenvalue weighted by Crippen LogP contribution is 2.25. The Morgan fingerprint density at radius 1 is 1.00 bits per heavy atom. The van der Waals surface area contributed by atoms with Crippen LogP contribution in [0.25, 0.3) is 0 Å². The van der Waals surface area contributed by atoms with Crippen molar-refractivity contribution >= 4 is 11.6 Å². The van der Waals surface area contributed by atoms with E-state index >= 15 is 0 Å². The molecule has 0 unspecified atom stereocenters. The molecule has 7 nitrogen and oxygen atoms in total. The van der Waals surface area contributed by atoms with Crippen LogP contribution in [0, 0.1) is 0 Å². The van der Waals surface area contributed by atoms with E-state index in [0.29, 0.717) is 13.1 Å². The summed E-state index contributed by atoms with van der Waals surface area (Å²) < 4.78 is 10.8. The van der Waals surface area contributed by atoms with Gasteiger partial charge in [0.15, 0.2) is 0 Å². The molecule has 1 N–H and O–H groups in total. The van der Waals surface area contributed by atoms with Crippen LogP contribution in [0.2, 0.25) is 0 Å². The van der Waals surface area contributed by atoms with Gasteiger partial charge in [-0.1, -0.05) is 18.2 Å². The largest absolute Gasteiger partial charge is 0.497 e. The molecule has 2 aromatic carbocycles. The van der Waals surface area contributed by atoms with Crippen LogP contribution in [0.5, 0.6) is 11.5 Å². The highest BCUT2D eigenvalue weighted by Gasteiger charge is 2.20. The third kappa shape index (κ3) is 7.14. The number of hydrogen-bond donors (Lipinski definition) is 1. The number of anilines is 1. The molecular formula is C25H36N4O3. The zero-order valence-corrected chi connectivity index (χ0v) is 19.5. The second kappa shape index (κ2) is 12.3. The minimum atomic E-state index is 0.107. The summed E-state index contributed by atoms with van der Waals surface area (Å²) in [6, 6.07) is 16.2. The maximum absolute atomic E-state index is 12.3. The van der Waals surface area contributed by atoms with Crippen molar-refractivity contribution in [2.24, 2.45) is 0 Å². The van der Waals surface area contributed by atoms with E-state index in [-0.39, 0.29) is 5.91 Å². The highest BCUT2D eigenvalue weighted by molar-refractivity contribution is 5.78. The number of para-hydroxylation sites is 1. The minimum Gasteiger partial charge on any atom is -0.497 e. The monoisotopic (exact) mass is 440 g/mol. The average Bonchev–Trinajstić information content (AvgIpc) is 2.83. The summed E-state index contributed by atoms with van der Waals surface area (Å²) in [7, 11) is 5.45. The summed E-state index contributed by atoms with van der Waals surface area (Å²) in [5.74, 6) is 1.83. The fraction of sp³-hybridized carbons (Fsp3) is 0.480. The van der Waals surface area contributed by atoms with Crippen LogP contribution in [-0.2, 0) is 11.3 Å². The molecule has 174 valence electrons. The van der Waals surface area contributed by atoms with Gasteiger partial charge in [0.25, 0.3) is 0 Å². The van der Waals surface area contributed by atoms with Gasteiger partial charge in [-0.05, 0) is 36.8 Å². The first-order valence-corrected chi connectivity index (χ1v) is 11.3. The Hall–Kier alpha value is -2.77. The van der Waals surface area contributed by atoms with E-state index in [1.165, 1.54) is 5.69 Å². The van der Waals surface area contributed by atoms with Gasteiger partial charge >= 0.3 is 0 Å². The van der Waals surface area contributed by atoms with Gasteiger partial charge in [0.05, 0.1) is 20.8 Å². The quantitative estimate of drug-likeness (QED) is 0.542. The van der Waals surface area contributed by atoms with Crippen LogP contribution >= 0.6 is 0 Å². The second-order valence-corrected chi connectivity index (χ2v) is 8.19. The fourth-order valence-corrected chi connectivity index (χ4v) is 3.97. The van der Waals surface area contributed by atoms with Gasteiger partial charge < -0.3 is 19.7 Å². The molecule has 1 amide bonds. The molecule has 3 rings (SSSR count). The van der Waals surface area contributed by atoms with E-state index in [4.69, 9.17) is 9.47 Å². The lowest BCUT2D eigenvalue weighted by Gasteiger charge is -2.34. The number of carbonyl (C=O) groups excluding carboxylic acids is 1. The van der Waals surface area contributed by atoms with Crippen LogP contribution in [0.4, 0.5) is 5.69 Å². The van der Waals surface area contributed by atoms with E-state index < -0.39 is 0 Å². The fourth-order valence-electron chi connectivity index (χ4n) is 3.97. The van der Waals surface area contributed by atoms with E-state index in [9.17, 15) is 4.79 Å². The molecule has 1 saturated heterocycles. The van der Waals surface area contributed by atoms with Gasteiger partial charge in [-0.2, -0.15) is 0 Å². The maximum atomic E-state index is 12.3. The lowest BCUT2D eigenvalue weighted by atomic mass is 10.1. The predicted octanol–water partition coefficient (Wildman–Crippen LogP) is 2.46. The first-order valence-electron chi connectivity index (χ1n) is 11.3. The van der Waals surface area contributed by atoms with E-state index in [1.54, 1.807) is 14.2 Å². The summed E-state index contributed by atoms with van der Waals surface area (Å²) in [6.45, 7) is 6.51. The van der Waals surface area contributed by atoms with Crippen LogP contribution in [0.15, 0.2) is 48.5 Å². The molecule has 1 aliphatic heterocycles. The number of methoxy groups -OCH3 is 2. The number of rotatable bonds is 11. The zero-order valence-electron chi connectivity index (χ0n) is 19.5. The third-order valence-electron chi connectivity index (χ3n) is 5.90. The number of nitrogens with zero attached hydrogens (tertiary/aromatic N) is 3. The van der Waals surface area contributed by atoms with Crippen molar-refractivity contribution < 1.29 is 14.3 Å². The van der Waals surface area contributed by atoms with Gasteiger partial charge in [0.1, 0.15) is 11.5 Å². The molecular weight excluding hydrogens is 404 g/mol. The number of piperazine rings is 1. The molecule has 0 atom stereocenters. The van der Waals surface area contributed by atoms with Crippen molar-refractivity contribution in [1.29, 1.82) is 0 Å². The van der Waals surface area contributed by atoms with Gasteiger partial charge in [-0.15, -0.1) is 0 Å². The first kappa shape index (κ1) is 23.9. The summed E-state index contributed by atoms with van der Waals surface area (Å²) >= 11 is 0. The number of nitrogens with one attached hydrogen (secondary N) is 1. The Morgan fingerprint density at radius 3 is 2.41 bits per heavy atom. The molecule has 0 bridgehead atoms. The maximum Gasteiger partial charge on any atom is 0.234 e. The van der Waals surface area contributed by atoms with Crippen molar-refractivity contribution in [3.8, 4) is 11.5 Å². The van der Waals surface area contributed by atoms with Gasteiger partial charge in [0, 0.05) is 64.1 Å². The summed E-state index contributed by atoms with van der Waals surface area (Å²) in [5.41, 5.74) is 2.32. The van der Waals surface area contributed by atoms with Crippen molar-refractivity contribution in [2.75, 3.05) is 72.0 Å². The molecule has 0 aliphatic carbocycles. The van der Waals surface area contributed by atoms with Crippen LogP contribution in [0.3, 0.4) is 0 Å². The average molecular weight is 441 g/mol. The molecule has 1 heterocycles. The van der Waals surface area contributed by atoms with E-state index in [1.807, 2.05) is 36.4 Å².